The maximum absolute atomic E-state index is 12.0. The van der Waals surface area contributed by atoms with Crippen LogP contribution in [0.3, 0.4) is 0 Å². The number of amides is 1. The molecule has 0 spiro atoms. The Kier molecular flexibility index (Phi) is 3.85. The predicted octanol–water partition coefficient (Wildman–Crippen LogP) is 1.67. The minimum atomic E-state index is -0.177. The number of rotatable bonds is 4. The first-order valence-electron chi connectivity index (χ1n) is 6.02. The number of carbonyl (C=O) groups excluding carboxylic acids is 1. The summed E-state index contributed by atoms with van der Waals surface area (Å²) in [7, 11) is 3.41. The van der Waals surface area contributed by atoms with Gasteiger partial charge in [0, 0.05) is 30.9 Å². The van der Waals surface area contributed by atoms with Gasteiger partial charge in [-0.3, -0.25) is 9.48 Å². The number of nitrogens with one attached hydrogen (secondary N) is 1. The highest BCUT2D eigenvalue weighted by molar-refractivity contribution is 5.93. The topological polar surface area (TPSA) is 56.1 Å². The lowest BCUT2D eigenvalue weighted by molar-refractivity contribution is 0.0944. The molecule has 2 rings (SSSR count). The van der Waals surface area contributed by atoms with Crippen LogP contribution in [0.25, 0.3) is 0 Å². The number of hydrogen-bond acceptors (Lipinski definition) is 3. The fourth-order valence-corrected chi connectivity index (χ4v) is 1.94. The van der Waals surface area contributed by atoms with Gasteiger partial charge in [0.15, 0.2) is 5.69 Å². The Hall–Kier alpha value is -2.30. The monoisotopic (exact) mass is 259 g/mol. The average molecular weight is 259 g/mol. The third kappa shape index (κ3) is 2.93. The van der Waals surface area contributed by atoms with Gasteiger partial charge in [-0.05, 0) is 13.0 Å². The second kappa shape index (κ2) is 5.56. The largest absolute Gasteiger partial charge is 0.496 e. The van der Waals surface area contributed by atoms with Crippen molar-refractivity contribution in [1.29, 1.82) is 0 Å². The summed E-state index contributed by atoms with van der Waals surface area (Å²) < 4.78 is 6.87. The number of aromatic nitrogens is 2. The third-order valence-corrected chi connectivity index (χ3v) is 2.86. The molecule has 5 nitrogen and oxygen atoms in total. The molecule has 100 valence electrons. The van der Waals surface area contributed by atoms with Crippen molar-refractivity contribution < 1.29 is 9.53 Å². The van der Waals surface area contributed by atoms with Gasteiger partial charge in [0.2, 0.25) is 0 Å². The molecule has 0 bridgehead atoms. The first kappa shape index (κ1) is 13.1. The van der Waals surface area contributed by atoms with Crippen LogP contribution < -0.4 is 10.1 Å². The van der Waals surface area contributed by atoms with Crippen molar-refractivity contribution in [3.63, 3.8) is 0 Å². The van der Waals surface area contributed by atoms with Crippen LogP contribution in [-0.4, -0.2) is 22.8 Å². The van der Waals surface area contributed by atoms with Gasteiger partial charge in [0.1, 0.15) is 5.75 Å². The highest BCUT2D eigenvalue weighted by Crippen LogP contribution is 2.16. The van der Waals surface area contributed by atoms with Gasteiger partial charge in [0.25, 0.3) is 5.91 Å². The number of nitrogens with zero attached hydrogens (tertiary/aromatic N) is 2. The molecule has 0 saturated heterocycles. The minimum absolute atomic E-state index is 0.177. The summed E-state index contributed by atoms with van der Waals surface area (Å²) in [5.74, 6) is 0.588. The van der Waals surface area contributed by atoms with E-state index in [-0.39, 0.29) is 5.91 Å². The van der Waals surface area contributed by atoms with Crippen LogP contribution in [0.15, 0.2) is 30.5 Å². The lowest BCUT2D eigenvalue weighted by atomic mass is 10.2. The van der Waals surface area contributed by atoms with Crippen molar-refractivity contribution in [1.82, 2.24) is 15.1 Å². The van der Waals surface area contributed by atoms with Crippen LogP contribution >= 0.6 is 0 Å². The van der Waals surface area contributed by atoms with Crippen molar-refractivity contribution in [3.05, 3.63) is 47.3 Å². The number of methoxy groups -OCH3 is 1. The molecule has 0 aliphatic carbocycles. The molecule has 0 saturated carbocycles. The number of aryl methyl sites for hydroxylation is 2. The van der Waals surface area contributed by atoms with Crippen molar-refractivity contribution in [2.45, 2.75) is 13.5 Å². The highest BCUT2D eigenvalue weighted by atomic mass is 16.5. The Labute approximate surface area is 112 Å². The second-order valence-corrected chi connectivity index (χ2v) is 4.33. The van der Waals surface area contributed by atoms with E-state index >= 15 is 0 Å². The molecule has 1 heterocycles. The molecule has 5 heteroatoms. The quantitative estimate of drug-likeness (QED) is 0.908. The smallest absolute Gasteiger partial charge is 0.272 e. The van der Waals surface area contributed by atoms with Gasteiger partial charge < -0.3 is 10.1 Å². The molecule has 0 radical (unpaired) electrons. The summed E-state index contributed by atoms with van der Waals surface area (Å²) in [5.41, 5.74) is 2.25. The Morgan fingerprint density at radius 1 is 1.42 bits per heavy atom. The van der Waals surface area contributed by atoms with Gasteiger partial charge in [-0.1, -0.05) is 18.2 Å². The number of carbonyl (C=O) groups is 1. The van der Waals surface area contributed by atoms with Crippen molar-refractivity contribution >= 4 is 5.91 Å². The molecule has 0 aliphatic rings. The summed E-state index contributed by atoms with van der Waals surface area (Å²) in [4.78, 5) is 12.0. The molecular formula is C14H17N3O2. The molecule has 2 aromatic rings. The molecule has 0 atom stereocenters. The Morgan fingerprint density at radius 3 is 2.79 bits per heavy atom. The minimum Gasteiger partial charge on any atom is -0.496 e. The van der Waals surface area contributed by atoms with Gasteiger partial charge in [-0.15, -0.1) is 0 Å². The van der Waals surface area contributed by atoms with Crippen molar-refractivity contribution in [2.24, 2.45) is 7.05 Å². The Morgan fingerprint density at radius 2 is 2.16 bits per heavy atom. The van der Waals surface area contributed by atoms with E-state index in [0.29, 0.717) is 12.2 Å². The van der Waals surface area contributed by atoms with Crippen LogP contribution in [0.2, 0.25) is 0 Å². The second-order valence-electron chi connectivity index (χ2n) is 4.33. The van der Waals surface area contributed by atoms with Crippen LogP contribution in [0.4, 0.5) is 0 Å². The average Bonchev–Trinajstić information content (AvgIpc) is 2.75. The van der Waals surface area contributed by atoms with Gasteiger partial charge in [-0.25, -0.2) is 0 Å². The van der Waals surface area contributed by atoms with Crippen molar-refractivity contribution in [3.8, 4) is 5.75 Å². The van der Waals surface area contributed by atoms with Crippen LogP contribution in [0.1, 0.15) is 21.6 Å². The fourth-order valence-electron chi connectivity index (χ4n) is 1.94. The fraction of sp³-hybridized carbons (Fsp3) is 0.286. The summed E-state index contributed by atoms with van der Waals surface area (Å²) in [5, 5.41) is 6.99. The maximum atomic E-state index is 12.0. The normalized spacial score (nSPS) is 10.3. The van der Waals surface area contributed by atoms with Gasteiger partial charge in [-0.2, -0.15) is 5.10 Å². The van der Waals surface area contributed by atoms with E-state index < -0.39 is 0 Å². The van der Waals surface area contributed by atoms with E-state index in [4.69, 9.17) is 4.74 Å². The molecule has 1 aromatic heterocycles. The third-order valence-electron chi connectivity index (χ3n) is 2.86. The Bertz CT molecular complexity index is 590. The zero-order valence-electron chi connectivity index (χ0n) is 11.3. The molecule has 0 aliphatic heterocycles. The van der Waals surface area contributed by atoms with E-state index in [2.05, 4.69) is 10.4 Å². The molecule has 1 N–H and O–H groups in total. The first-order chi connectivity index (χ1) is 9.11. The van der Waals surface area contributed by atoms with E-state index in [9.17, 15) is 4.79 Å². The predicted molar refractivity (Wildman–Crippen MR) is 72.1 cm³/mol. The van der Waals surface area contributed by atoms with E-state index in [1.807, 2.05) is 37.4 Å². The van der Waals surface area contributed by atoms with Crippen molar-refractivity contribution in [2.75, 3.05) is 7.11 Å². The summed E-state index contributed by atoms with van der Waals surface area (Å²) in [6.45, 7) is 2.28. The summed E-state index contributed by atoms with van der Waals surface area (Å²) in [6.07, 6.45) is 1.82. The maximum Gasteiger partial charge on any atom is 0.272 e. The van der Waals surface area contributed by atoms with E-state index in [0.717, 1.165) is 16.9 Å². The zero-order valence-corrected chi connectivity index (χ0v) is 11.3. The van der Waals surface area contributed by atoms with E-state index in [1.165, 1.54) is 0 Å². The lowest BCUT2D eigenvalue weighted by Gasteiger charge is -2.08. The van der Waals surface area contributed by atoms with Crippen LogP contribution in [-0.2, 0) is 13.6 Å². The highest BCUT2D eigenvalue weighted by Gasteiger charge is 2.13. The zero-order chi connectivity index (χ0) is 13.8. The number of para-hydroxylation sites is 1. The van der Waals surface area contributed by atoms with E-state index in [1.54, 1.807) is 18.8 Å². The molecule has 1 aromatic carbocycles. The standard InChI is InChI=1S/C14H17N3O2/c1-10-9-17(2)16-13(10)14(18)15-8-11-6-4-5-7-12(11)19-3/h4-7,9H,8H2,1-3H3,(H,15,18). The van der Waals surface area contributed by atoms with Gasteiger partial charge in [0.05, 0.1) is 7.11 Å². The molecular weight excluding hydrogens is 242 g/mol. The summed E-state index contributed by atoms with van der Waals surface area (Å²) >= 11 is 0. The molecule has 0 fully saturated rings. The van der Waals surface area contributed by atoms with Crippen LogP contribution in [0.5, 0.6) is 5.75 Å². The number of ether oxygens (including phenoxy) is 1. The molecule has 19 heavy (non-hydrogen) atoms. The lowest BCUT2D eigenvalue weighted by Crippen LogP contribution is -2.24. The molecule has 0 unspecified atom stereocenters. The van der Waals surface area contributed by atoms with Gasteiger partial charge >= 0.3 is 0 Å². The molecule has 1 amide bonds. The SMILES string of the molecule is COc1ccccc1CNC(=O)c1nn(C)cc1C. The Balaban J connectivity index is 2.06. The van der Waals surface area contributed by atoms with Crippen LogP contribution in [0, 0.1) is 6.92 Å². The first-order valence-corrected chi connectivity index (χ1v) is 6.02. The number of hydrogen-bond donors (Lipinski definition) is 1. The summed E-state index contributed by atoms with van der Waals surface area (Å²) in [6, 6.07) is 7.60. The number of benzene rings is 1.